The Morgan fingerprint density at radius 2 is 1.85 bits per heavy atom. The molecule has 0 spiro atoms. The number of ether oxygens (including phenoxy) is 1. The Balaban J connectivity index is 1.62. The first-order valence-electron chi connectivity index (χ1n) is 10.8. The number of methoxy groups -OCH3 is 1. The number of anilines is 2. The summed E-state index contributed by atoms with van der Waals surface area (Å²) < 4.78 is 7.41. The number of thiophene rings is 1. The summed E-state index contributed by atoms with van der Waals surface area (Å²) in [5.41, 5.74) is 3.89. The van der Waals surface area contributed by atoms with Gasteiger partial charge in [-0.15, -0.1) is 11.3 Å². The van der Waals surface area contributed by atoms with Gasteiger partial charge < -0.3 is 19.5 Å². The number of aromatic nitrogens is 1. The lowest BCUT2D eigenvalue weighted by Crippen LogP contribution is -2.34. The monoisotopic (exact) mass is 475 g/mol. The van der Waals surface area contributed by atoms with E-state index < -0.39 is 5.97 Å². The molecule has 2 heterocycles. The molecule has 4 rings (SSSR count). The van der Waals surface area contributed by atoms with E-state index in [1.165, 1.54) is 18.4 Å². The van der Waals surface area contributed by atoms with Crippen molar-refractivity contribution in [3.63, 3.8) is 0 Å². The lowest BCUT2D eigenvalue weighted by molar-refractivity contribution is -0.119. The second kappa shape index (κ2) is 9.93. The molecule has 0 saturated heterocycles. The van der Waals surface area contributed by atoms with Crippen LogP contribution in [0, 0.1) is 6.92 Å². The number of benzene rings is 2. The number of nitrogens with one attached hydrogen (secondary N) is 1. The Morgan fingerprint density at radius 1 is 1.06 bits per heavy atom. The zero-order chi connectivity index (χ0) is 24.2. The van der Waals surface area contributed by atoms with Crippen molar-refractivity contribution in [2.75, 3.05) is 23.9 Å². The van der Waals surface area contributed by atoms with Gasteiger partial charge in [-0.05, 0) is 67.3 Å². The van der Waals surface area contributed by atoms with Crippen molar-refractivity contribution in [1.29, 1.82) is 0 Å². The van der Waals surface area contributed by atoms with Gasteiger partial charge >= 0.3 is 5.97 Å². The maximum atomic E-state index is 13.3. The fraction of sp³-hybridized carbons (Fsp3) is 0.192. The largest absolute Gasteiger partial charge is 0.465 e. The van der Waals surface area contributed by atoms with Crippen LogP contribution >= 0.6 is 11.3 Å². The van der Waals surface area contributed by atoms with E-state index in [1.54, 1.807) is 39.8 Å². The van der Waals surface area contributed by atoms with Gasteiger partial charge in [0.05, 0.1) is 22.9 Å². The Kier molecular flexibility index (Phi) is 6.79. The number of carbonyl (C=O) groups excluding carboxylic acids is 3. The highest BCUT2D eigenvalue weighted by Crippen LogP contribution is 2.27. The van der Waals surface area contributed by atoms with Crippen LogP contribution in [-0.2, 0) is 16.1 Å². The van der Waals surface area contributed by atoms with Crippen molar-refractivity contribution < 1.29 is 19.1 Å². The highest BCUT2D eigenvalue weighted by molar-refractivity contribution is 7.17. The smallest absolute Gasteiger partial charge is 0.337 e. The Bertz CT molecular complexity index is 1370. The second-order valence-corrected chi connectivity index (χ2v) is 8.74. The van der Waals surface area contributed by atoms with Crippen LogP contribution in [0.5, 0.6) is 0 Å². The third kappa shape index (κ3) is 4.72. The molecule has 0 aliphatic rings. The summed E-state index contributed by atoms with van der Waals surface area (Å²) >= 11 is 1.51. The van der Waals surface area contributed by atoms with E-state index in [-0.39, 0.29) is 18.4 Å². The lowest BCUT2D eigenvalue weighted by atomic mass is 10.2. The molecule has 0 radical (unpaired) electrons. The van der Waals surface area contributed by atoms with Crippen LogP contribution < -0.4 is 10.2 Å². The quantitative estimate of drug-likeness (QED) is 0.377. The van der Waals surface area contributed by atoms with E-state index in [2.05, 4.69) is 5.32 Å². The number of carbonyl (C=O) groups is 3. The summed E-state index contributed by atoms with van der Waals surface area (Å²) in [4.78, 5) is 40.1. The molecule has 1 N–H and O–H groups in total. The van der Waals surface area contributed by atoms with Crippen molar-refractivity contribution in [1.82, 2.24) is 4.57 Å². The van der Waals surface area contributed by atoms with Gasteiger partial charge in [-0.3, -0.25) is 9.59 Å². The third-order valence-electron chi connectivity index (χ3n) is 5.52. The van der Waals surface area contributed by atoms with Crippen molar-refractivity contribution in [2.45, 2.75) is 20.4 Å². The molecule has 0 aliphatic carbocycles. The first kappa shape index (κ1) is 23.3. The summed E-state index contributed by atoms with van der Waals surface area (Å²) in [6.45, 7) is 4.45. The number of amides is 2. The molecule has 7 nitrogen and oxygen atoms in total. The number of aryl methyl sites for hydroxylation is 1. The minimum atomic E-state index is -0.485. The molecule has 174 valence electrons. The van der Waals surface area contributed by atoms with E-state index in [0.717, 1.165) is 21.5 Å². The van der Waals surface area contributed by atoms with Crippen LogP contribution in [0.4, 0.5) is 11.4 Å². The Morgan fingerprint density at radius 3 is 2.59 bits per heavy atom. The standard InChI is InChI=1S/C26H25N3O4S/c1-4-28(20-10-5-7-17(2)13-20)24(30)16-29-21-11-12-34-23(21)15-22(29)25(31)27-19-9-6-8-18(14-19)26(32)33-3/h5-15H,4,16H2,1-3H3,(H,27,31). The fourth-order valence-corrected chi connectivity index (χ4v) is 4.71. The molecule has 0 unspecified atom stereocenters. The van der Waals surface area contributed by atoms with Gasteiger partial charge in [0.15, 0.2) is 0 Å². The molecule has 4 aromatic rings. The van der Waals surface area contributed by atoms with Gasteiger partial charge in [0.1, 0.15) is 12.2 Å². The van der Waals surface area contributed by atoms with Crippen LogP contribution in [0.2, 0.25) is 0 Å². The van der Waals surface area contributed by atoms with E-state index in [1.807, 2.05) is 49.6 Å². The average molecular weight is 476 g/mol. The number of hydrogen-bond acceptors (Lipinski definition) is 5. The lowest BCUT2D eigenvalue weighted by Gasteiger charge is -2.22. The SMILES string of the molecule is CCN(C(=O)Cn1c(C(=O)Nc2cccc(C(=O)OC)c2)cc2sccc21)c1cccc(C)c1. The molecule has 2 aromatic heterocycles. The van der Waals surface area contributed by atoms with Crippen LogP contribution in [0.25, 0.3) is 10.2 Å². The maximum Gasteiger partial charge on any atom is 0.337 e. The molecular formula is C26H25N3O4S. The number of rotatable bonds is 7. The number of nitrogens with zero attached hydrogens (tertiary/aromatic N) is 2. The summed E-state index contributed by atoms with van der Waals surface area (Å²) in [6, 6.07) is 18.0. The molecule has 8 heteroatoms. The molecule has 0 saturated carbocycles. The second-order valence-electron chi connectivity index (χ2n) is 7.79. The molecule has 2 amide bonds. The molecule has 2 aromatic carbocycles. The highest BCUT2D eigenvalue weighted by Gasteiger charge is 2.22. The van der Waals surface area contributed by atoms with E-state index >= 15 is 0 Å². The summed E-state index contributed by atoms with van der Waals surface area (Å²) in [6.07, 6.45) is 0. The van der Waals surface area contributed by atoms with E-state index in [9.17, 15) is 14.4 Å². The molecule has 0 fully saturated rings. The average Bonchev–Trinajstić information content (AvgIpc) is 3.42. The van der Waals surface area contributed by atoms with Crippen LogP contribution in [0.3, 0.4) is 0 Å². The number of esters is 1. The first-order valence-corrected chi connectivity index (χ1v) is 11.7. The van der Waals surface area contributed by atoms with Crippen LogP contribution in [0.1, 0.15) is 33.3 Å². The Labute approximate surface area is 201 Å². The van der Waals surface area contributed by atoms with E-state index in [4.69, 9.17) is 4.74 Å². The molecular weight excluding hydrogens is 450 g/mol. The summed E-state index contributed by atoms with van der Waals surface area (Å²) in [7, 11) is 1.31. The zero-order valence-corrected chi connectivity index (χ0v) is 20.0. The van der Waals surface area contributed by atoms with Crippen molar-refractivity contribution in [2.24, 2.45) is 0 Å². The Hall–Kier alpha value is -3.91. The highest BCUT2D eigenvalue weighted by atomic mass is 32.1. The zero-order valence-electron chi connectivity index (χ0n) is 19.2. The van der Waals surface area contributed by atoms with Crippen molar-refractivity contribution in [3.05, 3.63) is 82.9 Å². The maximum absolute atomic E-state index is 13.3. The topological polar surface area (TPSA) is 80.6 Å². The van der Waals surface area contributed by atoms with Crippen molar-refractivity contribution >= 4 is 50.7 Å². The van der Waals surface area contributed by atoms with Gasteiger partial charge in [-0.2, -0.15) is 0 Å². The van der Waals surface area contributed by atoms with Gasteiger partial charge in [0.25, 0.3) is 5.91 Å². The van der Waals surface area contributed by atoms with Gasteiger partial charge in [0.2, 0.25) is 5.91 Å². The van der Waals surface area contributed by atoms with Gasteiger partial charge in [0, 0.05) is 17.9 Å². The molecule has 0 aliphatic heterocycles. The normalized spacial score (nSPS) is 10.8. The minimum absolute atomic E-state index is 0.0208. The van der Waals surface area contributed by atoms with Gasteiger partial charge in [-0.25, -0.2) is 4.79 Å². The first-order chi connectivity index (χ1) is 16.4. The molecule has 0 atom stereocenters. The minimum Gasteiger partial charge on any atom is -0.465 e. The van der Waals surface area contributed by atoms with Crippen LogP contribution in [-0.4, -0.2) is 36.0 Å². The predicted octanol–water partition coefficient (Wildman–Crippen LogP) is 5.10. The van der Waals surface area contributed by atoms with Gasteiger partial charge in [-0.1, -0.05) is 18.2 Å². The fourth-order valence-electron chi connectivity index (χ4n) is 3.89. The third-order valence-corrected chi connectivity index (χ3v) is 6.37. The van der Waals surface area contributed by atoms with Crippen molar-refractivity contribution in [3.8, 4) is 0 Å². The number of fused-ring (bicyclic) bond motifs is 1. The molecule has 34 heavy (non-hydrogen) atoms. The number of hydrogen-bond donors (Lipinski definition) is 1. The van der Waals surface area contributed by atoms with Crippen LogP contribution in [0.15, 0.2) is 66.0 Å². The summed E-state index contributed by atoms with van der Waals surface area (Å²) in [5, 5.41) is 4.77. The predicted molar refractivity (Wildman–Crippen MR) is 135 cm³/mol. The summed E-state index contributed by atoms with van der Waals surface area (Å²) in [5.74, 6) is -0.961. The number of likely N-dealkylation sites (N-methyl/N-ethyl adjacent to an activating group) is 1. The van der Waals surface area contributed by atoms with E-state index in [0.29, 0.717) is 23.5 Å². The molecule has 0 bridgehead atoms.